The molecular formula is C24H20N4O2. The molecule has 4 rings (SSSR count). The second kappa shape index (κ2) is 8.53. The van der Waals surface area contributed by atoms with Gasteiger partial charge in [0.05, 0.1) is 35.3 Å². The number of para-hydroxylation sites is 1. The number of hydrogen-bond acceptors (Lipinski definition) is 5. The maximum absolute atomic E-state index is 13.0. The Kier molecular flexibility index (Phi) is 5.48. The first-order valence-electron chi connectivity index (χ1n) is 9.46. The molecule has 0 unspecified atom stereocenters. The molecule has 0 aliphatic carbocycles. The molecule has 2 aromatic heterocycles. The Hall–Kier alpha value is -4.06. The third-order valence-corrected chi connectivity index (χ3v) is 4.70. The highest BCUT2D eigenvalue weighted by Crippen LogP contribution is 2.23. The molecule has 0 atom stereocenters. The van der Waals surface area contributed by atoms with Crippen LogP contribution in [0, 0.1) is 0 Å². The largest absolute Gasteiger partial charge is 0.497 e. The minimum absolute atomic E-state index is 0.312. The number of methoxy groups -OCH3 is 1. The zero-order valence-corrected chi connectivity index (χ0v) is 16.7. The van der Waals surface area contributed by atoms with Gasteiger partial charge in [-0.25, -0.2) is 10.4 Å². The summed E-state index contributed by atoms with van der Waals surface area (Å²) in [5.41, 5.74) is 6.75. The molecule has 6 nitrogen and oxygen atoms in total. The lowest BCUT2D eigenvalue weighted by Crippen LogP contribution is -2.20. The standard InChI is InChI=1S/C24H20N4O2/c1-16(17-8-7-9-18(14-17)30-2)27-28-24(29)20-15-23(22-12-5-6-13-25-22)26-21-11-4-3-10-19(20)21/h3-15H,1-2H3,(H,28,29)/b27-16+. The van der Waals surface area contributed by atoms with E-state index in [0.29, 0.717) is 22.7 Å². The summed E-state index contributed by atoms with van der Waals surface area (Å²) in [6, 6.07) is 22.4. The number of rotatable bonds is 5. The molecule has 1 N–H and O–H groups in total. The average Bonchev–Trinajstić information content (AvgIpc) is 2.82. The van der Waals surface area contributed by atoms with Crippen molar-refractivity contribution in [3.63, 3.8) is 0 Å². The second-order valence-electron chi connectivity index (χ2n) is 6.66. The van der Waals surface area contributed by atoms with Crippen LogP contribution in [0.2, 0.25) is 0 Å². The number of ether oxygens (including phenoxy) is 1. The summed E-state index contributed by atoms with van der Waals surface area (Å²) in [6.45, 7) is 1.83. The van der Waals surface area contributed by atoms with Crippen molar-refractivity contribution in [3.8, 4) is 17.1 Å². The molecule has 0 saturated carbocycles. The van der Waals surface area contributed by atoms with Gasteiger partial charge in [-0.05, 0) is 43.3 Å². The highest BCUT2D eigenvalue weighted by molar-refractivity contribution is 6.08. The first-order chi connectivity index (χ1) is 14.7. The van der Waals surface area contributed by atoms with E-state index in [-0.39, 0.29) is 5.91 Å². The van der Waals surface area contributed by atoms with Crippen LogP contribution < -0.4 is 10.2 Å². The van der Waals surface area contributed by atoms with Crippen LogP contribution in [0.15, 0.2) is 84.1 Å². The molecule has 0 fully saturated rings. The predicted molar refractivity (Wildman–Crippen MR) is 118 cm³/mol. The molecule has 30 heavy (non-hydrogen) atoms. The molecule has 0 aliphatic heterocycles. The van der Waals surface area contributed by atoms with Crippen molar-refractivity contribution in [2.75, 3.05) is 7.11 Å². The Labute approximate surface area is 174 Å². The highest BCUT2D eigenvalue weighted by Gasteiger charge is 2.14. The molecule has 0 bridgehead atoms. The van der Waals surface area contributed by atoms with Crippen LogP contribution in [0.3, 0.4) is 0 Å². The lowest BCUT2D eigenvalue weighted by Gasteiger charge is -2.09. The number of carbonyl (C=O) groups excluding carboxylic acids is 1. The van der Waals surface area contributed by atoms with Gasteiger partial charge >= 0.3 is 0 Å². The molecule has 0 radical (unpaired) electrons. The smallest absolute Gasteiger partial charge is 0.272 e. The molecule has 0 aliphatic rings. The molecule has 148 valence electrons. The van der Waals surface area contributed by atoms with Gasteiger partial charge in [-0.1, -0.05) is 36.4 Å². The van der Waals surface area contributed by atoms with Gasteiger partial charge in [0.1, 0.15) is 5.75 Å². The number of carbonyl (C=O) groups is 1. The van der Waals surface area contributed by atoms with Gasteiger partial charge in [-0.15, -0.1) is 0 Å². The highest BCUT2D eigenvalue weighted by atomic mass is 16.5. The number of nitrogens with zero attached hydrogens (tertiary/aromatic N) is 3. The van der Waals surface area contributed by atoms with Crippen LogP contribution >= 0.6 is 0 Å². The Morgan fingerprint density at radius 2 is 1.80 bits per heavy atom. The number of pyridine rings is 2. The van der Waals surface area contributed by atoms with Crippen LogP contribution in [-0.2, 0) is 0 Å². The van der Waals surface area contributed by atoms with Crippen LogP contribution in [0.4, 0.5) is 0 Å². The van der Waals surface area contributed by atoms with E-state index < -0.39 is 0 Å². The number of benzene rings is 2. The minimum atomic E-state index is -0.312. The minimum Gasteiger partial charge on any atom is -0.497 e. The lowest BCUT2D eigenvalue weighted by molar-refractivity contribution is 0.0956. The molecule has 4 aromatic rings. The third kappa shape index (κ3) is 4.03. The van der Waals surface area contributed by atoms with Crippen molar-refractivity contribution in [1.29, 1.82) is 0 Å². The zero-order chi connectivity index (χ0) is 20.9. The first-order valence-corrected chi connectivity index (χ1v) is 9.46. The number of amides is 1. The zero-order valence-electron chi connectivity index (χ0n) is 16.7. The SMILES string of the molecule is COc1cccc(/C(C)=N/NC(=O)c2cc(-c3ccccn3)nc3ccccc23)c1. The fourth-order valence-electron chi connectivity index (χ4n) is 3.12. The van der Waals surface area contributed by atoms with Gasteiger partial charge < -0.3 is 4.74 Å². The van der Waals surface area contributed by atoms with E-state index in [1.54, 1.807) is 19.4 Å². The summed E-state index contributed by atoms with van der Waals surface area (Å²) >= 11 is 0. The summed E-state index contributed by atoms with van der Waals surface area (Å²) in [5, 5.41) is 5.03. The number of hydrogen-bond donors (Lipinski definition) is 1. The Bertz CT molecular complexity index is 1240. The molecule has 0 spiro atoms. The fourth-order valence-corrected chi connectivity index (χ4v) is 3.12. The van der Waals surface area contributed by atoms with Crippen molar-refractivity contribution < 1.29 is 9.53 Å². The molecule has 2 heterocycles. The van der Waals surface area contributed by atoms with Crippen molar-refractivity contribution >= 4 is 22.5 Å². The van der Waals surface area contributed by atoms with E-state index in [0.717, 1.165) is 22.2 Å². The van der Waals surface area contributed by atoms with Gasteiger partial charge in [-0.2, -0.15) is 5.10 Å². The maximum atomic E-state index is 13.0. The van der Waals surface area contributed by atoms with E-state index in [1.807, 2.05) is 73.7 Å². The maximum Gasteiger partial charge on any atom is 0.272 e. The van der Waals surface area contributed by atoms with Gasteiger partial charge in [0, 0.05) is 17.1 Å². The lowest BCUT2D eigenvalue weighted by atomic mass is 10.1. The van der Waals surface area contributed by atoms with Crippen LogP contribution in [0.25, 0.3) is 22.3 Å². The number of hydrazone groups is 1. The van der Waals surface area contributed by atoms with Crippen LogP contribution in [0.1, 0.15) is 22.8 Å². The fraction of sp³-hybridized carbons (Fsp3) is 0.0833. The van der Waals surface area contributed by atoms with Crippen LogP contribution in [0.5, 0.6) is 5.75 Å². The number of aromatic nitrogens is 2. The summed E-state index contributed by atoms with van der Waals surface area (Å²) in [6.07, 6.45) is 1.70. The van der Waals surface area contributed by atoms with Gasteiger partial charge in [-0.3, -0.25) is 9.78 Å². The van der Waals surface area contributed by atoms with E-state index in [2.05, 4.69) is 20.5 Å². The summed E-state index contributed by atoms with van der Waals surface area (Å²) in [5.74, 6) is 0.418. The van der Waals surface area contributed by atoms with E-state index in [9.17, 15) is 4.79 Å². The average molecular weight is 396 g/mol. The normalized spacial score (nSPS) is 11.3. The Morgan fingerprint density at radius 3 is 2.60 bits per heavy atom. The van der Waals surface area contributed by atoms with E-state index in [4.69, 9.17) is 4.74 Å². The van der Waals surface area contributed by atoms with Crippen molar-refractivity contribution in [2.45, 2.75) is 6.92 Å². The predicted octanol–water partition coefficient (Wildman–Crippen LogP) is 4.46. The molecule has 0 saturated heterocycles. The summed E-state index contributed by atoms with van der Waals surface area (Å²) in [7, 11) is 1.61. The Morgan fingerprint density at radius 1 is 0.967 bits per heavy atom. The first kappa shape index (κ1) is 19.3. The monoisotopic (exact) mass is 396 g/mol. The van der Waals surface area contributed by atoms with Crippen molar-refractivity contribution in [2.24, 2.45) is 5.10 Å². The summed E-state index contributed by atoms with van der Waals surface area (Å²) in [4.78, 5) is 22.0. The third-order valence-electron chi connectivity index (χ3n) is 4.70. The Balaban J connectivity index is 1.68. The van der Waals surface area contributed by atoms with Gasteiger partial charge in [0.25, 0.3) is 5.91 Å². The number of nitrogens with one attached hydrogen (secondary N) is 1. The van der Waals surface area contributed by atoms with E-state index in [1.165, 1.54) is 0 Å². The van der Waals surface area contributed by atoms with E-state index >= 15 is 0 Å². The number of fused-ring (bicyclic) bond motifs is 1. The van der Waals surface area contributed by atoms with Gasteiger partial charge in [0.2, 0.25) is 0 Å². The van der Waals surface area contributed by atoms with Crippen molar-refractivity contribution in [1.82, 2.24) is 15.4 Å². The molecule has 2 aromatic carbocycles. The molecule has 6 heteroatoms. The van der Waals surface area contributed by atoms with Gasteiger partial charge in [0.15, 0.2) is 0 Å². The topological polar surface area (TPSA) is 76.5 Å². The van der Waals surface area contributed by atoms with Crippen molar-refractivity contribution in [3.05, 3.63) is 90.1 Å². The van der Waals surface area contributed by atoms with Crippen LogP contribution in [-0.4, -0.2) is 28.7 Å². The molecular weight excluding hydrogens is 376 g/mol. The summed E-state index contributed by atoms with van der Waals surface area (Å²) < 4.78 is 5.25. The molecule has 1 amide bonds. The quantitative estimate of drug-likeness (QED) is 0.399. The second-order valence-corrected chi connectivity index (χ2v) is 6.66.